The number of hydrogen-bond acceptors (Lipinski definition) is 5. The number of nitrogens with zero attached hydrogens (tertiary/aromatic N) is 4. The number of aliphatic imine (C=N–C) groups is 1. The molecular weight excluding hydrogens is 467 g/mol. The molecule has 0 bridgehead atoms. The molecule has 0 amide bonds. The van der Waals surface area contributed by atoms with E-state index in [0.717, 1.165) is 43.5 Å². The maximum atomic E-state index is 5.59. The lowest BCUT2D eigenvalue weighted by Crippen LogP contribution is -2.45. The summed E-state index contributed by atoms with van der Waals surface area (Å²) in [5, 5.41) is 6.69. The summed E-state index contributed by atoms with van der Waals surface area (Å²) in [4.78, 5) is 13.6. The third-order valence-electron chi connectivity index (χ3n) is 5.03. The Labute approximate surface area is 187 Å². The molecule has 1 unspecified atom stereocenters. The van der Waals surface area contributed by atoms with Gasteiger partial charge in [-0.25, -0.2) is 4.98 Å². The largest absolute Gasteiger partial charge is 0.379 e. The van der Waals surface area contributed by atoms with Crippen molar-refractivity contribution in [3.05, 3.63) is 23.9 Å². The zero-order chi connectivity index (χ0) is 19.9. The van der Waals surface area contributed by atoms with Crippen molar-refractivity contribution in [1.82, 2.24) is 20.5 Å². The Kier molecular flexibility index (Phi) is 10.5. The first kappa shape index (κ1) is 24.9. The normalized spacial score (nSPS) is 17.1. The van der Waals surface area contributed by atoms with E-state index in [9.17, 15) is 0 Å². The number of likely N-dealkylation sites (N-methyl/N-ethyl adjacent to an activating group) is 1. The lowest BCUT2D eigenvalue weighted by molar-refractivity contribution is 0.0205. The van der Waals surface area contributed by atoms with Crippen LogP contribution in [0.2, 0.25) is 0 Å². The molecule has 0 spiro atoms. The maximum Gasteiger partial charge on any atom is 0.191 e. The molecule has 2 rings (SSSR count). The maximum absolute atomic E-state index is 5.59. The minimum Gasteiger partial charge on any atom is -0.379 e. The lowest BCUT2D eigenvalue weighted by atomic mass is 9.89. The van der Waals surface area contributed by atoms with Crippen LogP contribution < -0.4 is 15.5 Å². The van der Waals surface area contributed by atoms with Gasteiger partial charge in [-0.15, -0.1) is 24.0 Å². The average molecular weight is 504 g/mol. The monoisotopic (exact) mass is 504 g/mol. The van der Waals surface area contributed by atoms with Crippen LogP contribution in [-0.2, 0) is 11.3 Å². The molecule has 1 aromatic rings. The molecule has 0 saturated carbocycles. The smallest absolute Gasteiger partial charge is 0.191 e. The molecule has 28 heavy (non-hydrogen) atoms. The molecule has 160 valence electrons. The fourth-order valence-corrected chi connectivity index (χ4v) is 3.08. The first-order chi connectivity index (χ1) is 12.8. The van der Waals surface area contributed by atoms with Crippen molar-refractivity contribution in [3.8, 4) is 0 Å². The molecule has 1 saturated heterocycles. The number of methoxy groups -OCH3 is 1. The van der Waals surface area contributed by atoms with E-state index in [2.05, 4.69) is 70.4 Å². The summed E-state index contributed by atoms with van der Waals surface area (Å²) in [7, 11) is 5.70. The van der Waals surface area contributed by atoms with Gasteiger partial charge in [-0.2, -0.15) is 0 Å². The molecule has 7 nitrogen and oxygen atoms in total. The Morgan fingerprint density at radius 1 is 1.21 bits per heavy atom. The highest BCUT2D eigenvalue weighted by molar-refractivity contribution is 14.0. The van der Waals surface area contributed by atoms with Gasteiger partial charge in [0.2, 0.25) is 0 Å². The average Bonchev–Trinajstić information content (AvgIpc) is 2.65. The van der Waals surface area contributed by atoms with Crippen molar-refractivity contribution in [2.45, 2.75) is 33.4 Å². The number of anilines is 1. The Balaban J connectivity index is 0.00000392. The molecule has 2 heterocycles. The number of nitrogens with one attached hydrogen (secondary N) is 2. The van der Waals surface area contributed by atoms with Crippen molar-refractivity contribution >= 4 is 35.8 Å². The van der Waals surface area contributed by atoms with Gasteiger partial charge in [0.05, 0.1) is 6.10 Å². The van der Waals surface area contributed by atoms with Gasteiger partial charge in [-0.1, -0.05) is 26.8 Å². The van der Waals surface area contributed by atoms with Gasteiger partial charge in [0.15, 0.2) is 5.96 Å². The first-order valence-corrected chi connectivity index (χ1v) is 9.69. The predicted octanol–water partition coefficient (Wildman–Crippen LogP) is 2.18. The van der Waals surface area contributed by atoms with Crippen LogP contribution in [0.1, 0.15) is 26.3 Å². The minimum atomic E-state index is 0. The summed E-state index contributed by atoms with van der Waals surface area (Å²) in [5.41, 5.74) is 1.21. The number of halogens is 1. The first-order valence-electron chi connectivity index (χ1n) is 9.69. The van der Waals surface area contributed by atoms with Crippen molar-refractivity contribution in [3.63, 3.8) is 0 Å². The number of pyridine rings is 1. The second kappa shape index (κ2) is 11.8. The van der Waals surface area contributed by atoms with Crippen molar-refractivity contribution < 1.29 is 4.74 Å². The van der Waals surface area contributed by atoms with Crippen LogP contribution in [0.15, 0.2) is 23.3 Å². The number of guanidine groups is 1. The van der Waals surface area contributed by atoms with Crippen LogP contribution in [0.25, 0.3) is 0 Å². The second-order valence-corrected chi connectivity index (χ2v) is 8.21. The van der Waals surface area contributed by atoms with Gasteiger partial charge in [-0.3, -0.25) is 4.99 Å². The van der Waals surface area contributed by atoms with E-state index >= 15 is 0 Å². The minimum absolute atomic E-state index is 0. The second-order valence-electron chi connectivity index (χ2n) is 8.21. The van der Waals surface area contributed by atoms with Gasteiger partial charge >= 0.3 is 0 Å². The van der Waals surface area contributed by atoms with E-state index in [0.29, 0.717) is 13.1 Å². The summed E-state index contributed by atoms with van der Waals surface area (Å²) in [6, 6.07) is 4.24. The standard InChI is InChI=1S/C20H36N6O.HI/c1-20(2,3)17(27-6)15-24-19(21-4)23-14-16-7-8-18(22-13-16)26-11-9-25(5)10-12-26;/h7-8,13,17H,9-12,14-15H2,1-6H3,(H2,21,23,24);1H. The predicted molar refractivity (Wildman–Crippen MR) is 128 cm³/mol. The van der Waals surface area contributed by atoms with Crippen LogP contribution in [-0.4, -0.2) is 75.9 Å². The number of rotatable bonds is 6. The lowest BCUT2D eigenvalue weighted by Gasteiger charge is -2.33. The van der Waals surface area contributed by atoms with Crippen molar-refractivity contribution in [2.24, 2.45) is 10.4 Å². The topological polar surface area (TPSA) is 65.0 Å². The fraction of sp³-hybridized carbons (Fsp3) is 0.700. The van der Waals surface area contributed by atoms with Gasteiger partial charge in [0.25, 0.3) is 0 Å². The summed E-state index contributed by atoms with van der Waals surface area (Å²) in [5.74, 6) is 1.83. The molecule has 1 aliphatic rings. The quantitative estimate of drug-likeness (QED) is 0.352. The van der Waals surface area contributed by atoms with Gasteiger partial charge in [0.1, 0.15) is 5.82 Å². The van der Waals surface area contributed by atoms with Gasteiger partial charge in [0, 0.05) is 59.6 Å². The van der Waals surface area contributed by atoms with Crippen LogP contribution in [0.5, 0.6) is 0 Å². The Hall–Kier alpha value is -1.13. The zero-order valence-electron chi connectivity index (χ0n) is 18.2. The molecule has 1 aliphatic heterocycles. The molecular formula is C20H37IN6O. The highest BCUT2D eigenvalue weighted by Gasteiger charge is 2.24. The summed E-state index contributed by atoms with van der Waals surface area (Å²) >= 11 is 0. The summed E-state index contributed by atoms with van der Waals surface area (Å²) in [6.45, 7) is 12.2. The van der Waals surface area contributed by atoms with E-state index in [-0.39, 0.29) is 35.5 Å². The Morgan fingerprint density at radius 2 is 1.89 bits per heavy atom. The van der Waals surface area contributed by atoms with E-state index < -0.39 is 0 Å². The Morgan fingerprint density at radius 3 is 2.39 bits per heavy atom. The van der Waals surface area contributed by atoms with Crippen molar-refractivity contribution in [1.29, 1.82) is 0 Å². The fourth-order valence-electron chi connectivity index (χ4n) is 3.08. The molecule has 1 aromatic heterocycles. The SMILES string of the molecule is CN=C(NCc1ccc(N2CCN(C)CC2)nc1)NCC(OC)C(C)(C)C.I. The summed E-state index contributed by atoms with van der Waals surface area (Å²) < 4.78 is 5.59. The van der Waals surface area contributed by atoms with Crippen molar-refractivity contribution in [2.75, 3.05) is 58.8 Å². The van der Waals surface area contributed by atoms with Gasteiger partial charge < -0.3 is 25.2 Å². The van der Waals surface area contributed by atoms with E-state index in [1.54, 1.807) is 14.2 Å². The van der Waals surface area contributed by atoms with E-state index in [4.69, 9.17) is 4.74 Å². The third kappa shape index (κ3) is 7.71. The molecule has 1 fully saturated rings. The van der Waals surface area contributed by atoms with E-state index in [1.807, 2.05) is 6.20 Å². The molecule has 8 heteroatoms. The van der Waals surface area contributed by atoms with E-state index in [1.165, 1.54) is 0 Å². The number of aromatic nitrogens is 1. The Bertz CT molecular complexity index is 594. The number of piperazine rings is 1. The molecule has 1 atom stereocenters. The zero-order valence-corrected chi connectivity index (χ0v) is 20.5. The molecule has 2 N–H and O–H groups in total. The van der Waals surface area contributed by atoms with Crippen LogP contribution in [0, 0.1) is 5.41 Å². The summed E-state index contributed by atoms with van der Waals surface area (Å²) in [6.07, 6.45) is 2.06. The third-order valence-corrected chi connectivity index (χ3v) is 5.03. The molecule has 0 aromatic carbocycles. The van der Waals surface area contributed by atoms with Gasteiger partial charge in [-0.05, 0) is 24.1 Å². The number of hydrogen-bond donors (Lipinski definition) is 2. The highest BCUT2D eigenvalue weighted by atomic mass is 127. The van der Waals surface area contributed by atoms with Crippen LogP contribution in [0.3, 0.4) is 0 Å². The van der Waals surface area contributed by atoms with Crippen LogP contribution in [0.4, 0.5) is 5.82 Å². The highest BCUT2D eigenvalue weighted by Crippen LogP contribution is 2.20. The molecule has 0 aliphatic carbocycles. The number of ether oxygens (including phenoxy) is 1. The van der Waals surface area contributed by atoms with Crippen LogP contribution >= 0.6 is 24.0 Å². The molecule has 0 radical (unpaired) electrons.